The number of piperidine rings is 1. The molecule has 1 atom stereocenters. The molecule has 27 heavy (non-hydrogen) atoms. The topological polar surface area (TPSA) is 108 Å². The van der Waals surface area contributed by atoms with Gasteiger partial charge in [-0.2, -0.15) is 0 Å². The molecule has 3 aromatic rings. The van der Waals surface area contributed by atoms with Gasteiger partial charge in [-0.25, -0.2) is 0 Å². The second-order valence-corrected chi connectivity index (χ2v) is 6.78. The van der Waals surface area contributed by atoms with E-state index in [0.717, 1.165) is 27.9 Å². The Labute approximate surface area is 153 Å². The number of aromatic amines is 1. The highest BCUT2D eigenvalue weighted by Gasteiger charge is 2.39. The maximum Gasteiger partial charge on any atom is 0.255 e. The third-order valence-electron chi connectivity index (χ3n) is 5.13. The molecule has 8 heteroatoms. The monoisotopic (exact) mass is 361 g/mol. The number of carbonyl (C=O) groups excluding carboxylic acids is 3. The van der Waals surface area contributed by atoms with E-state index in [1.165, 1.54) is 4.90 Å². The fourth-order valence-electron chi connectivity index (χ4n) is 3.73. The molecule has 1 aromatic carbocycles. The third kappa shape index (κ3) is 2.49. The third-order valence-corrected chi connectivity index (χ3v) is 5.13. The normalized spacial score (nSPS) is 19.5. The predicted octanol–water partition coefficient (Wildman–Crippen LogP) is 1.39. The molecule has 1 fully saturated rings. The van der Waals surface area contributed by atoms with Crippen LogP contribution in [0.25, 0.3) is 22.3 Å². The SMILES string of the molecule is O=C1CCC(N2Cc3cc(-c4cc5cc[nH]c5nn4)ccc3C2=O)C(=O)N1. The fourth-order valence-corrected chi connectivity index (χ4v) is 3.73. The van der Waals surface area contributed by atoms with Gasteiger partial charge in [-0.1, -0.05) is 6.07 Å². The number of nitrogens with one attached hydrogen (secondary N) is 2. The lowest BCUT2D eigenvalue weighted by atomic mass is 10.0. The second-order valence-electron chi connectivity index (χ2n) is 6.78. The average molecular weight is 361 g/mol. The quantitative estimate of drug-likeness (QED) is 0.671. The van der Waals surface area contributed by atoms with Crippen LogP contribution in [-0.2, 0) is 16.1 Å². The van der Waals surface area contributed by atoms with Crippen LogP contribution in [-0.4, -0.2) is 43.8 Å². The lowest BCUT2D eigenvalue weighted by Crippen LogP contribution is -2.52. The number of rotatable bonds is 2. The molecular formula is C19H15N5O3. The van der Waals surface area contributed by atoms with Crippen LogP contribution in [0.1, 0.15) is 28.8 Å². The Morgan fingerprint density at radius 2 is 1.96 bits per heavy atom. The summed E-state index contributed by atoms with van der Waals surface area (Å²) in [7, 11) is 0. The van der Waals surface area contributed by atoms with E-state index in [4.69, 9.17) is 0 Å². The molecule has 134 valence electrons. The molecule has 4 heterocycles. The van der Waals surface area contributed by atoms with E-state index in [2.05, 4.69) is 20.5 Å². The van der Waals surface area contributed by atoms with Gasteiger partial charge in [0.1, 0.15) is 6.04 Å². The van der Waals surface area contributed by atoms with E-state index < -0.39 is 11.9 Å². The maximum absolute atomic E-state index is 12.7. The number of fused-ring (bicyclic) bond motifs is 2. The van der Waals surface area contributed by atoms with E-state index in [1.54, 1.807) is 6.07 Å². The molecule has 5 rings (SSSR count). The highest BCUT2D eigenvalue weighted by atomic mass is 16.2. The molecule has 2 N–H and O–H groups in total. The van der Waals surface area contributed by atoms with Crippen molar-refractivity contribution in [3.05, 3.63) is 47.7 Å². The van der Waals surface area contributed by atoms with Crippen molar-refractivity contribution in [2.45, 2.75) is 25.4 Å². The van der Waals surface area contributed by atoms with Gasteiger partial charge in [-0.3, -0.25) is 19.7 Å². The number of H-pyrrole nitrogens is 1. The van der Waals surface area contributed by atoms with Gasteiger partial charge >= 0.3 is 0 Å². The number of imide groups is 1. The molecule has 2 aliphatic rings. The Kier molecular flexibility index (Phi) is 3.33. The van der Waals surface area contributed by atoms with Gasteiger partial charge in [0.25, 0.3) is 5.91 Å². The van der Waals surface area contributed by atoms with Gasteiger partial charge in [-0.05, 0) is 36.2 Å². The van der Waals surface area contributed by atoms with Gasteiger partial charge in [0.2, 0.25) is 11.8 Å². The molecule has 0 spiro atoms. The molecule has 3 amide bonds. The Morgan fingerprint density at radius 3 is 2.81 bits per heavy atom. The van der Waals surface area contributed by atoms with Gasteiger partial charge in [-0.15, -0.1) is 10.2 Å². The van der Waals surface area contributed by atoms with Crippen molar-refractivity contribution >= 4 is 28.8 Å². The van der Waals surface area contributed by atoms with E-state index in [1.807, 2.05) is 30.5 Å². The summed E-state index contributed by atoms with van der Waals surface area (Å²) in [5.41, 5.74) is 3.73. The summed E-state index contributed by atoms with van der Waals surface area (Å²) >= 11 is 0. The number of amides is 3. The zero-order valence-corrected chi connectivity index (χ0v) is 14.2. The first-order valence-electron chi connectivity index (χ1n) is 8.69. The molecule has 0 radical (unpaired) electrons. The fraction of sp³-hybridized carbons (Fsp3) is 0.211. The largest absolute Gasteiger partial charge is 0.345 e. The Morgan fingerprint density at radius 1 is 1.07 bits per heavy atom. The number of aromatic nitrogens is 3. The first-order chi connectivity index (χ1) is 13.1. The summed E-state index contributed by atoms with van der Waals surface area (Å²) in [6.45, 7) is 0.341. The van der Waals surface area contributed by atoms with Crippen LogP contribution in [0.3, 0.4) is 0 Å². The first-order valence-corrected chi connectivity index (χ1v) is 8.69. The molecule has 2 aromatic heterocycles. The van der Waals surface area contributed by atoms with E-state index in [9.17, 15) is 14.4 Å². The van der Waals surface area contributed by atoms with Crippen molar-refractivity contribution in [2.75, 3.05) is 0 Å². The minimum absolute atomic E-state index is 0.182. The molecule has 1 saturated heterocycles. The van der Waals surface area contributed by atoms with Gasteiger partial charge in [0, 0.05) is 35.7 Å². The number of hydrogen-bond acceptors (Lipinski definition) is 5. The van der Waals surface area contributed by atoms with Crippen molar-refractivity contribution in [3.63, 3.8) is 0 Å². The number of carbonyl (C=O) groups is 3. The maximum atomic E-state index is 12.7. The molecular weight excluding hydrogens is 346 g/mol. The standard InChI is InChI=1S/C19H15N5O3/c25-16-4-3-15(18(26)21-16)24-9-12-7-10(1-2-13(12)19(24)27)14-8-11-5-6-20-17(11)23-22-14/h1-2,5-8,15H,3-4,9H2,(H,20,23)(H,21,25,26). The minimum atomic E-state index is -0.609. The summed E-state index contributed by atoms with van der Waals surface area (Å²) in [4.78, 5) is 40.8. The lowest BCUT2D eigenvalue weighted by Gasteiger charge is -2.29. The molecule has 0 saturated carbocycles. The van der Waals surface area contributed by atoms with Crippen LogP contribution >= 0.6 is 0 Å². The van der Waals surface area contributed by atoms with Gasteiger partial charge in [0.05, 0.1) is 5.69 Å². The van der Waals surface area contributed by atoms with Crippen LogP contribution in [0.4, 0.5) is 0 Å². The van der Waals surface area contributed by atoms with Crippen LogP contribution in [0.5, 0.6) is 0 Å². The number of nitrogens with zero attached hydrogens (tertiary/aromatic N) is 3. The smallest absolute Gasteiger partial charge is 0.255 e. The summed E-state index contributed by atoms with van der Waals surface area (Å²) in [6, 6.07) is 8.78. The van der Waals surface area contributed by atoms with Gasteiger partial charge < -0.3 is 9.88 Å². The molecule has 8 nitrogen and oxygen atoms in total. The Bertz CT molecular complexity index is 1120. The zero-order chi connectivity index (χ0) is 18.5. The Hall–Kier alpha value is -3.55. The van der Waals surface area contributed by atoms with Crippen LogP contribution in [0.2, 0.25) is 0 Å². The molecule has 2 aliphatic heterocycles. The highest BCUT2D eigenvalue weighted by Crippen LogP contribution is 2.31. The van der Waals surface area contributed by atoms with Gasteiger partial charge in [0.15, 0.2) is 5.65 Å². The van der Waals surface area contributed by atoms with Crippen molar-refractivity contribution in [1.82, 2.24) is 25.4 Å². The molecule has 0 aliphatic carbocycles. The van der Waals surface area contributed by atoms with Crippen LogP contribution in [0, 0.1) is 0 Å². The lowest BCUT2D eigenvalue weighted by molar-refractivity contribution is -0.136. The molecule has 0 bridgehead atoms. The van der Waals surface area contributed by atoms with Crippen LogP contribution < -0.4 is 5.32 Å². The summed E-state index contributed by atoms with van der Waals surface area (Å²) in [5, 5.41) is 11.7. The number of hydrogen-bond donors (Lipinski definition) is 2. The minimum Gasteiger partial charge on any atom is -0.345 e. The van der Waals surface area contributed by atoms with Crippen molar-refractivity contribution in [1.29, 1.82) is 0 Å². The van der Waals surface area contributed by atoms with E-state index in [-0.39, 0.29) is 18.2 Å². The van der Waals surface area contributed by atoms with Crippen molar-refractivity contribution in [2.24, 2.45) is 0 Å². The average Bonchev–Trinajstić information content (AvgIpc) is 3.25. The van der Waals surface area contributed by atoms with Crippen LogP contribution in [0.15, 0.2) is 36.5 Å². The van der Waals surface area contributed by atoms with E-state index in [0.29, 0.717) is 18.5 Å². The summed E-state index contributed by atoms with van der Waals surface area (Å²) in [5.74, 6) is -0.879. The Balaban J connectivity index is 1.46. The first kappa shape index (κ1) is 15.7. The zero-order valence-electron chi connectivity index (χ0n) is 14.2. The van der Waals surface area contributed by atoms with E-state index >= 15 is 0 Å². The van der Waals surface area contributed by atoms with Crippen molar-refractivity contribution < 1.29 is 14.4 Å². The van der Waals surface area contributed by atoms with Crippen molar-refractivity contribution in [3.8, 4) is 11.3 Å². The highest BCUT2D eigenvalue weighted by molar-refractivity contribution is 6.05. The summed E-state index contributed by atoms with van der Waals surface area (Å²) < 4.78 is 0. The molecule has 1 unspecified atom stereocenters. The number of benzene rings is 1. The predicted molar refractivity (Wildman–Crippen MR) is 95.4 cm³/mol. The second kappa shape index (κ2) is 5.73. The summed E-state index contributed by atoms with van der Waals surface area (Å²) in [6.07, 6.45) is 2.41.